The predicted molar refractivity (Wildman–Crippen MR) is 82.3 cm³/mol. The first kappa shape index (κ1) is 10.9. The molecule has 0 heterocycles. The summed E-state index contributed by atoms with van der Waals surface area (Å²) in [7, 11) is 4.27. The Morgan fingerprint density at radius 1 is 0.375 bits per heavy atom. The lowest BCUT2D eigenvalue weighted by Gasteiger charge is -2.42. The number of methoxy groups -OCH3 is 2. The van der Waals surface area contributed by atoms with Crippen LogP contribution in [-0.2, 0) is 9.47 Å². The molecule has 12 aliphatic carbocycles. The minimum Gasteiger partial charge on any atom is -0.377 e. The summed E-state index contributed by atoms with van der Waals surface area (Å²) in [6.07, 6.45) is 0. The SMILES string of the molecule is COC12C3[C@H]4C5C6[C@H]7C8[C@H]5[C@@H]5[C@@H]4[C@@H]1C1C4[C@@H]2[C@@H]([C@@H]63)[C@@H]7[C@H]4C8(OC)[C@@H]15. The molecule has 12 aliphatic rings. The smallest absolute Gasteiger partial charge is 0.0779 e. The van der Waals surface area contributed by atoms with Crippen LogP contribution >= 0.6 is 0 Å². The third-order valence-electron chi connectivity index (χ3n) is 14.1. The normalized spacial score (nSPS) is 98.2. The zero-order valence-electron chi connectivity index (χ0n) is 14.2. The third kappa shape index (κ3) is 0.504. The molecule has 2 heteroatoms. The highest BCUT2D eigenvalue weighted by atomic mass is 16.5. The van der Waals surface area contributed by atoms with Crippen molar-refractivity contribution in [1.82, 2.24) is 0 Å². The lowest BCUT2D eigenvalue weighted by atomic mass is 9.73. The van der Waals surface area contributed by atoms with Gasteiger partial charge in [0, 0.05) is 14.2 Å². The van der Waals surface area contributed by atoms with E-state index in [1.54, 1.807) is 0 Å². The second kappa shape index (κ2) is 2.39. The first-order valence-electron chi connectivity index (χ1n) is 11.0. The topological polar surface area (TPSA) is 18.5 Å². The zero-order valence-corrected chi connectivity index (χ0v) is 14.2. The molecule has 0 N–H and O–H groups in total. The van der Waals surface area contributed by atoms with Crippen LogP contribution in [0.5, 0.6) is 0 Å². The van der Waals surface area contributed by atoms with E-state index in [9.17, 15) is 0 Å². The van der Waals surface area contributed by atoms with E-state index in [1.165, 1.54) is 0 Å². The average Bonchev–Trinajstić information content (AvgIpc) is 3.27. The fraction of sp³-hybridized carbons (Fsp3) is 1.00. The quantitative estimate of drug-likeness (QED) is 0.775. The van der Waals surface area contributed by atoms with Gasteiger partial charge < -0.3 is 9.47 Å². The molecule has 0 saturated heterocycles. The number of hydrogen-bond donors (Lipinski definition) is 0. The van der Waals surface area contributed by atoms with Crippen molar-refractivity contribution in [1.29, 1.82) is 0 Å². The van der Waals surface area contributed by atoms with Crippen molar-refractivity contribution < 1.29 is 9.47 Å². The van der Waals surface area contributed by atoms with Crippen LogP contribution < -0.4 is 0 Å². The molecule has 0 aliphatic heterocycles. The Bertz CT molecular complexity index is 714. The van der Waals surface area contributed by atoms with Crippen LogP contribution in [-0.4, -0.2) is 25.4 Å². The zero-order chi connectivity index (χ0) is 14.8. The van der Waals surface area contributed by atoms with Gasteiger partial charge >= 0.3 is 0 Å². The van der Waals surface area contributed by atoms with E-state index >= 15 is 0 Å². The lowest BCUT2D eigenvalue weighted by Crippen LogP contribution is -2.48. The van der Waals surface area contributed by atoms with Gasteiger partial charge in [-0.05, 0) is 107 Å². The van der Waals surface area contributed by atoms with E-state index in [0.29, 0.717) is 11.2 Å². The molecule has 0 aromatic heterocycles. The fourth-order valence-corrected chi connectivity index (χ4v) is 16.1. The summed E-state index contributed by atoms with van der Waals surface area (Å²) < 4.78 is 13.5. The molecule has 0 spiro atoms. The van der Waals surface area contributed by atoms with Crippen molar-refractivity contribution in [3.05, 3.63) is 0 Å². The fourth-order valence-electron chi connectivity index (χ4n) is 16.1. The van der Waals surface area contributed by atoms with Crippen LogP contribution in [0.15, 0.2) is 0 Å². The molecular weight excluding hydrogens is 296 g/mol. The minimum atomic E-state index is 0.368. The van der Waals surface area contributed by atoms with Crippen LogP contribution in [0.4, 0.5) is 0 Å². The molecule has 0 aromatic rings. The van der Waals surface area contributed by atoms with Gasteiger partial charge in [0.1, 0.15) is 0 Å². The molecule has 0 radical (unpaired) electrons. The van der Waals surface area contributed by atoms with Crippen molar-refractivity contribution in [2.75, 3.05) is 14.2 Å². The maximum Gasteiger partial charge on any atom is 0.0779 e. The summed E-state index contributed by atoms with van der Waals surface area (Å²) >= 11 is 0. The van der Waals surface area contributed by atoms with E-state index in [4.69, 9.17) is 9.47 Å². The van der Waals surface area contributed by atoms with E-state index < -0.39 is 0 Å². The Morgan fingerprint density at radius 2 is 0.625 bits per heavy atom. The summed E-state index contributed by atoms with van der Waals surface area (Å²) in [5.74, 6) is 19.0. The summed E-state index contributed by atoms with van der Waals surface area (Å²) in [5.41, 5.74) is 0.736. The van der Waals surface area contributed by atoms with E-state index in [0.717, 1.165) is 107 Å². The Labute approximate surface area is 142 Å². The van der Waals surface area contributed by atoms with Gasteiger partial charge in [-0.1, -0.05) is 0 Å². The molecule has 12 saturated carbocycles. The molecule has 20 atom stereocenters. The number of ether oxygens (including phenoxy) is 2. The molecule has 24 heavy (non-hydrogen) atoms. The lowest BCUT2D eigenvalue weighted by molar-refractivity contribution is -0.117. The van der Waals surface area contributed by atoms with Crippen molar-refractivity contribution in [3.63, 3.8) is 0 Å². The molecule has 0 aromatic carbocycles. The number of rotatable bonds is 2. The maximum absolute atomic E-state index is 6.74. The van der Waals surface area contributed by atoms with Gasteiger partial charge in [0.05, 0.1) is 11.2 Å². The van der Waals surface area contributed by atoms with Gasteiger partial charge in [-0.15, -0.1) is 0 Å². The van der Waals surface area contributed by atoms with E-state index in [-0.39, 0.29) is 0 Å². The highest BCUT2D eigenvalue weighted by Crippen LogP contribution is 3.03. The Balaban J connectivity index is 1.43. The maximum atomic E-state index is 6.74. The second-order valence-electron chi connectivity index (χ2n) is 12.2. The van der Waals surface area contributed by atoms with Crippen LogP contribution in [0, 0.1) is 107 Å². The molecule has 0 bridgehead atoms. The van der Waals surface area contributed by atoms with Gasteiger partial charge in [0.15, 0.2) is 0 Å². The van der Waals surface area contributed by atoms with Gasteiger partial charge in [-0.2, -0.15) is 0 Å². The van der Waals surface area contributed by atoms with Crippen LogP contribution in [0.2, 0.25) is 0 Å². The van der Waals surface area contributed by atoms with E-state index in [2.05, 4.69) is 14.2 Å². The van der Waals surface area contributed by atoms with Crippen molar-refractivity contribution in [2.45, 2.75) is 11.2 Å². The third-order valence-corrected chi connectivity index (χ3v) is 14.1. The molecule has 2 nitrogen and oxygen atoms in total. The van der Waals surface area contributed by atoms with Gasteiger partial charge in [-0.25, -0.2) is 0 Å². The second-order valence-corrected chi connectivity index (χ2v) is 12.2. The van der Waals surface area contributed by atoms with Crippen molar-refractivity contribution in [3.8, 4) is 0 Å². The highest BCUT2D eigenvalue weighted by molar-refractivity contribution is 5.52. The Hall–Kier alpha value is -0.0800. The molecular formula is C22H24O2. The van der Waals surface area contributed by atoms with Crippen LogP contribution in [0.1, 0.15) is 0 Å². The standard InChI is InChI=1S/C22H24O2/c1-23-21-15-5-3-4-6(15)10-12-8(4)16-7(3)11-9(5)17(21)13-14(18(10)21)20(12)22(16,24-2)19(11)13/h3-20H,1-2H3/t3?,4?,5-,6-,7-,8+,9-,10-,11+,12-,13?,14?,15?,16?,17-,18-,19+,20-,21?,22?/m1/s1. The van der Waals surface area contributed by atoms with Crippen molar-refractivity contribution >= 4 is 0 Å². The summed E-state index contributed by atoms with van der Waals surface area (Å²) in [6, 6.07) is 0. The summed E-state index contributed by atoms with van der Waals surface area (Å²) in [6.45, 7) is 0. The van der Waals surface area contributed by atoms with Crippen molar-refractivity contribution in [2.24, 2.45) is 107 Å². The van der Waals surface area contributed by atoms with Gasteiger partial charge in [-0.3, -0.25) is 0 Å². The first-order valence-corrected chi connectivity index (χ1v) is 11.0. The van der Waals surface area contributed by atoms with Crippen LogP contribution in [0.3, 0.4) is 0 Å². The van der Waals surface area contributed by atoms with Gasteiger partial charge in [0.2, 0.25) is 0 Å². The monoisotopic (exact) mass is 320 g/mol. The molecule has 124 valence electrons. The summed E-state index contributed by atoms with van der Waals surface area (Å²) in [5, 5.41) is 0. The van der Waals surface area contributed by atoms with Crippen LogP contribution in [0.25, 0.3) is 0 Å². The Kier molecular flexibility index (Phi) is 1.09. The average molecular weight is 320 g/mol. The molecule has 0 amide bonds. The van der Waals surface area contributed by atoms with E-state index in [1.807, 2.05) is 0 Å². The molecule has 8 unspecified atom stereocenters. The molecule has 12 rings (SSSR count). The Morgan fingerprint density at radius 3 is 0.917 bits per heavy atom. The highest BCUT2D eigenvalue weighted by Gasteiger charge is 3.05. The largest absolute Gasteiger partial charge is 0.377 e. The number of hydrogen-bond acceptors (Lipinski definition) is 2. The van der Waals surface area contributed by atoms with Gasteiger partial charge in [0.25, 0.3) is 0 Å². The predicted octanol–water partition coefficient (Wildman–Crippen LogP) is 2.00. The first-order chi connectivity index (χ1) is 11.9. The molecule has 12 fully saturated rings. The minimum absolute atomic E-state index is 0.368. The summed E-state index contributed by atoms with van der Waals surface area (Å²) in [4.78, 5) is 0.